The molecule has 0 aromatic rings. The van der Waals surface area contributed by atoms with Crippen molar-refractivity contribution >= 4 is 5.91 Å². The maximum Gasteiger partial charge on any atom is 0.234 e. The Labute approximate surface area is 85.6 Å². The van der Waals surface area contributed by atoms with E-state index in [0.717, 1.165) is 13.1 Å². The number of hydrogen-bond acceptors (Lipinski definition) is 4. The van der Waals surface area contributed by atoms with Gasteiger partial charge >= 0.3 is 0 Å². The molecule has 0 aromatic carbocycles. The van der Waals surface area contributed by atoms with Crippen LogP contribution in [0.2, 0.25) is 0 Å². The highest BCUT2D eigenvalue weighted by molar-refractivity contribution is 5.77. The Morgan fingerprint density at radius 2 is 2.29 bits per heavy atom. The van der Waals surface area contributed by atoms with Crippen LogP contribution in [0.25, 0.3) is 0 Å². The SMILES string of the molecule is CCN(CCOC)CC(=O)NCCN. The molecule has 1 amide bonds. The Bertz CT molecular complexity index is 153. The summed E-state index contributed by atoms with van der Waals surface area (Å²) in [4.78, 5) is 13.3. The second-order valence-corrected chi connectivity index (χ2v) is 3.00. The van der Waals surface area contributed by atoms with Crippen LogP contribution >= 0.6 is 0 Å². The summed E-state index contributed by atoms with van der Waals surface area (Å²) < 4.78 is 4.94. The fraction of sp³-hybridized carbons (Fsp3) is 0.889. The Kier molecular flexibility index (Phi) is 8.51. The van der Waals surface area contributed by atoms with Crippen molar-refractivity contribution in [2.75, 3.05) is 46.4 Å². The maximum atomic E-state index is 11.3. The van der Waals surface area contributed by atoms with Crippen molar-refractivity contribution in [2.45, 2.75) is 6.92 Å². The first-order valence-corrected chi connectivity index (χ1v) is 4.92. The molecule has 0 spiro atoms. The number of nitrogens with one attached hydrogen (secondary N) is 1. The van der Waals surface area contributed by atoms with Crippen LogP contribution in [-0.2, 0) is 9.53 Å². The molecule has 0 rings (SSSR count). The molecule has 0 radical (unpaired) electrons. The lowest BCUT2D eigenvalue weighted by Crippen LogP contribution is -2.40. The predicted octanol–water partition coefficient (Wildman–Crippen LogP) is -0.970. The van der Waals surface area contributed by atoms with Crippen LogP contribution in [0.3, 0.4) is 0 Å². The molecule has 5 nitrogen and oxygen atoms in total. The smallest absolute Gasteiger partial charge is 0.234 e. The van der Waals surface area contributed by atoms with Gasteiger partial charge in [-0.15, -0.1) is 0 Å². The predicted molar refractivity (Wildman–Crippen MR) is 56.1 cm³/mol. The highest BCUT2D eigenvalue weighted by atomic mass is 16.5. The summed E-state index contributed by atoms with van der Waals surface area (Å²) in [5, 5.41) is 2.73. The van der Waals surface area contributed by atoms with Gasteiger partial charge in [-0.1, -0.05) is 6.92 Å². The maximum absolute atomic E-state index is 11.3. The molecule has 0 atom stereocenters. The van der Waals surface area contributed by atoms with Gasteiger partial charge in [-0.2, -0.15) is 0 Å². The summed E-state index contributed by atoms with van der Waals surface area (Å²) in [5.41, 5.74) is 5.27. The molecule has 0 aliphatic rings. The zero-order valence-electron chi connectivity index (χ0n) is 9.08. The van der Waals surface area contributed by atoms with E-state index in [1.165, 1.54) is 0 Å². The zero-order chi connectivity index (χ0) is 10.8. The summed E-state index contributed by atoms with van der Waals surface area (Å²) in [6, 6.07) is 0. The summed E-state index contributed by atoms with van der Waals surface area (Å²) in [6.45, 7) is 5.74. The van der Waals surface area contributed by atoms with Crippen LogP contribution in [0.4, 0.5) is 0 Å². The van der Waals surface area contributed by atoms with Crippen LogP contribution in [0.5, 0.6) is 0 Å². The molecule has 0 aliphatic heterocycles. The van der Waals surface area contributed by atoms with E-state index in [-0.39, 0.29) is 5.91 Å². The van der Waals surface area contributed by atoms with Crippen LogP contribution in [0.15, 0.2) is 0 Å². The monoisotopic (exact) mass is 203 g/mol. The Balaban J connectivity index is 3.62. The number of rotatable bonds is 8. The molecule has 0 saturated heterocycles. The highest BCUT2D eigenvalue weighted by Gasteiger charge is 2.07. The van der Waals surface area contributed by atoms with Crippen LogP contribution < -0.4 is 11.1 Å². The molecular weight excluding hydrogens is 182 g/mol. The minimum Gasteiger partial charge on any atom is -0.383 e. The number of nitrogens with two attached hydrogens (primary N) is 1. The van der Waals surface area contributed by atoms with Crippen molar-refractivity contribution in [3.63, 3.8) is 0 Å². The second-order valence-electron chi connectivity index (χ2n) is 3.00. The quantitative estimate of drug-likeness (QED) is 0.532. The number of hydrogen-bond donors (Lipinski definition) is 2. The van der Waals surface area contributed by atoms with Crippen molar-refractivity contribution in [3.8, 4) is 0 Å². The Morgan fingerprint density at radius 1 is 1.57 bits per heavy atom. The molecule has 3 N–H and O–H groups in total. The normalized spacial score (nSPS) is 10.6. The minimum absolute atomic E-state index is 0.0217. The lowest BCUT2D eigenvalue weighted by Gasteiger charge is -2.18. The number of carbonyl (C=O) groups excluding carboxylic acids is 1. The fourth-order valence-corrected chi connectivity index (χ4v) is 1.04. The first-order chi connectivity index (χ1) is 6.74. The van der Waals surface area contributed by atoms with Crippen molar-refractivity contribution < 1.29 is 9.53 Å². The van der Waals surface area contributed by atoms with Gasteiger partial charge in [-0.25, -0.2) is 0 Å². The highest BCUT2D eigenvalue weighted by Crippen LogP contribution is 1.87. The van der Waals surface area contributed by atoms with Gasteiger partial charge in [-0.3, -0.25) is 9.69 Å². The summed E-state index contributed by atoms with van der Waals surface area (Å²) in [7, 11) is 1.66. The van der Waals surface area contributed by atoms with E-state index >= 15 is 0 Å². The summed E-state index contributed by atoms with van der Waals surface area (Å²) in [5.74, 6) is 0.0217. The van der Waals surface area contributed by atoms with E-state index < -0.39 is 0 Å². The average Bonchev–Trinajstić information content (AvgIpc) is 2.21. The first-order valence-electron chi connectivity index (χ1n) is 4.92. The van der Waals surface area contributed by atoms with E-state index in [2.05, 4.69) is 5.32 Å². The van der Waals surface area contributed by atoms with Gasteiger partial charge < -0.3 is 15.8 Å². The van der Waals surface area contributed by atoms with Gasteiger partial charge in [-0.05, 0) is 6.54 Å². The molecule has 0 saturated carbocycles. The average molecular weight is 203 g/mol. The number of ether oxygens (including phenoxy) is 1. The zero-order valence-corrected chi connectivity index (χ0v) is 9.08. The first kappa shape index (κ1) is 13.4. The van der Waals surface area contributed by atoms with E-state index in [0.29, 0.717) is 26.2 Å². The molecule has 0 unspecified atom stereocenters. The number of methoxy groups -OCH3 is 1. The number of amides is 1. The molecular formula is C9H21N3O2. The lowest BCUT2D eigenvalue weighted by molar-refractivity contribution is -0.122. The van der Waals surface area contributed by atoms with Crippen molar-refractivity contribution in [3.05, 3.63) is 0 Å². The van der Waals surface area contributed by atoms with E-state index in [4.69, 9.17) is 10.5 Å². The van der Waals surface area contributed by atoms with Gasteiger partial charge in [0, 0.05) is 26.7 Å². The standard InChI is InChI=1S/C9H21N3O2/c1-3-12(6-7-14-2)8-9(13)11-5-4-10/h3-8,10H2,1-2H3,(H,11,13). The van der Waals surface area contributed by atoms with Crippen LogP contribution in [0, 0.1) is 0 Å². The van der Waals surface area contributed by atoms with Crippen molar-refractivity contribution in [2.24, 2.45) is 5.73 Å². The van der Waals surface area contributed by atoms with Gasteiger partial charge in [0.2, 0.25) is 5.91 Å². The Hall–Kier alpha value is -0.650. The molecule has 14 heavy (non-hydrogen) atoms. The van der Waals surface area contributed by atoms with E-state index in [1.54, 1.807) is 7.11 Å². The summed E-state index contributed by atoms with van der Waals surface area (Å²) >= 11 is 0. The number of carbonyl (C=O) groups is 1. The van der Waals surface area contributed by atoms with E-state index in [1.807, 2.05) is 11.8 Å². The molecule has 0 heterocycles. The third-order valence-electron chi connectivity index (χ3n) is 1.89. The molecule has 5 heteroatoms. The molecule has 0 aromatic heterocycles. The number of nitrogens with zero attached hydrogens (tertiary/aromatic N) is 1. The Morgan fingerprint density at radius 3 is 2.79 bits per heavy atom. The second kappa shape index (κ2) is 8.93. The molecule has 0 fully saturated rings. The molecule has 0 bridgehead atoms. The lowest BCUT2D eigenvalue weighted by atomic mass is 10.4. The van der Waals surface area contributed by atoms with Gasteiger partial charge in [0.05, 0.1) is 13.2 Å². The largest absolute Gasteiger partial charge is 0.383 e. The number of likely N-dealkylation sites (N-methyl/N-ethyl adjacent to an activating group) is 1. The fourth-order valence-electron chi connectivity index (χ4n) is 1.04. The molecule has 84 valence electrons. The minimum atomic E-state index is 0.0217. The van der Waals surface area contributed by atoms with Crippen LogP contribution in [-0.4, -0.2) is 57.2 Å². The van der Waals surface area contributed by atoms with Crippen molar-refractivity contribution in [1.82, 2.24) is 10.2 Å². The third kappa shape index (κ3) is 6.82. The van der Waals surface area contributed by atoms with E-state index in [9.17, 15) is 4.79 Å². The van der Waals surface area contributed by atoms with Gasteiger partial charge in [0.1, 0.15) is 0 Å². The topological polar surface area (TPSA) is 67.6 Å². The molecule has 0 aliphatic carbocycles. The van der Waals surface area contributed by atoms with Gasteiger partial charge in [0.25, 0.3) is 0 Å². The summed E-state index contributed by atoms with van der Waals surface area (Å²) in [6.07, 6.45) is 0. The van der Waals surface area contributed by atoms with Crippen LogP contribution in [0.1, 0.15) is 6.92 Å². The third-order valence-corrected chi connectivity index (χ3v) is 1.89. The van der Waals surface area contributed by atoms with Gasteiger partial charge in [0.15, 0.2) is 0 Å². The van der Waals surface area contributed by atoms with Crippen molar-refractivity contribution in [1.29, 1.82) is 0 Å².